The van der Waals surface area contributed by atoms with Crippen molar-refractivity contribution in [1.82, 2.24) is 15.2 Å². The van der Waals surface area contributed by atoms with Crippen molar-refractivity contribution in [2.24, 2.45) is 0 Å². The summed E-state index contributed by atoms with van der Waals surface area (Å²) in [7, 11) is 0. The quantitative estimate of drug-likeness (QED) is 0.541. The van der Waals surface area contributed by atoms with E-state index in [0.717, 1.165) is 10.0 Å². The molecule has 0 aliphatic rings. The minimum atomic E-state index is -0.144. The van der Waals surface area contributed by atoms with Gasteiger partial charge in [0.05, 0.1) is 18.0 Å². The van der Waals surface area contributed by atoms with E-state index in [4.69, 9.17) is 4.74 Å². The van der Waals surface area contributed by atoms with Gasteiger partial charge in [-0.15, -0.1) is 5.10 Å². The number of H-pyrrole nitrogens is 1. The third-order valence-corrected chi connectivity index (χ3v) is 4.93. The number of para-hydroxylation sites is 2. The molecule has 0 fully saturated rings. The molecule has 2 N–H and O–H groups in total. The maximum Gasteiger partial charge on any atom is 0.234 e. The average Bonchev–Trinajstić information content (AvgIpc) is 3.11. The van der Waals surface area contributed by atoms with E-state index in [9.17, 15) is 4.79 Å². The Balaban J connectivity index is 1.60. The zero-order chi connectivity index (χ0) is 18.4. The van der Waals surface area contributed by atoms with Crippen molar-refractivity contribution in [3.05, 3.63) is 53.0 Å². The van der Waals surface area contributed by atoms with E-state index in [1.807, 2.05) is 55.5 Å². The number of ether oxygens (including phenoxy) is 1. The minimum absolute atomic E-state index is 0.144. The van der Waals surface area contributed by atoms with Gasteiger partial charge in [-0.3, -0.25) is 9.89 Å². The largest absolute Gasteiger partial charge is 0.492 e. The number of rotatable bonds is 7. The van der Waals surface area contributed by atoms with E-state index in [1.165, 1.54) is 11.8 Å². The molecule has 6 nitrogen and oxygen atoms in total. The Morgan fingerprint density at radius 1 is 1.23 bits per heavy atom. The number of carbonyl (C=O) groups is 1. The topological polar surface area (TPSA) is 79.9 Å². The van der Waals surface area contributed by atoms with Gasteiger partial charge in [-0.1, -0.05) is 58.0 Å². The van der Waals surface area contributed by atoms with E-state index in [0.29, 0.717) is 29.0 Å². The summed E-state index contributed by atoms with van der Waals surface area (Å²) >= 11 is 4.76. The lowest BCUT2D eigenvalue weighted by molar-refractivity contribution is -0.113. The molecule has 0 saturated carbocycles. The summed E-state index contributed by atoms with van der Waals surface area (Å²) in [5, 5.41) is 10.4. The van der Waals surface area contributed by atoms with Crippen LogP contribution in [-0.4, -0.2) is 33.4 Å². The molecule has 0 saturated heterocycles. The van der Waals surface area contributed by atoms with E-state index in [1.54, 1.807) is 0 Å². The van der Waals surface area contributed by atoms with Crippen molar-refractivity contribution >= 4 is 39.3 Å². The molecule has 0 spiro atoms. The Morgan fingerprint density at radius 3 is 2.81 bits per heavy atom. The molecular formula is C18H17BrN4O2S. The van der Waals surface area contributed by atoms with Gasteiger partial charge in [-0.05, 0) is 25.1 Å². The van der Waals surface area contributed by atoms with Crippen LogP contribution >= 0.6 is 27.7 Å². The molecule has 26 heavy (non-hydrogen) atoms. The Kier molecular flexibility index (Phi) is 6.30. The lowest BCUT2D eigenvalue weighted by Crippen LogP contribution is -2.15. The van der Waals surface area contributed by atoms with Crippen LogP contribution in [0, 0.1) is 0 Å². The molecule has 8 heteroatoms. The molecule has 3 rings (SSSR count). The third kappa shape index (κ3) is 4.64. The second kappa shape index (κ2) is 8.86. The van der Waals surface area contributed by atoms with Crippen LogP contribution in [0.5, 0.6) is 5.75 Å². The van der Waals surface area contributed by atoms with E-state index in [-0.39, 0.29) is 11.7 Å². The van der Waals surface area contributed by atoms with Crippen LogP contribution < -0.4 is 10.1 Å². The van der Waals surface area contributed by atoms with E-state index in [2.05, 4.69) is 36.4 Å². The van der Waals surface area contributed by atoms with Crippen molar-refractivity contribution in [2.45, 2.75) is 12.1 Å². The number of amides is 1. The van der Waals surface area contributed by atoms with Gasteiger partial charge >= 0.3 is 0 Å². The Labute approximate surface area is 163 Å². The number of thioether (sulfide) groups is 1. The van der Waals surface area contributed by atoms with Crippen molar-refractivity contribution in [2.75, 3.05) is 17.7 Å². The van der Waals surface area contributed by atoms with Gasteiger partial charge in [0, 0.05) is 10.0 Å². The number of nitrogens with one attached hydrogen (secondary N) is 2. The molecule has 0 bridgehead atoms. The standard InChI is InChI=1S/C18H17BrN4O2S/c1-2-25-15-10-6-5-9-14(15)20-16(24)11-26-18-21-17(22-23-18)12-7-3-4-8-13(12)19/h3-10H,2,11H2,1H3,(H,20,24)(H,21,22,23). The SMILES string of the molecule is CCOc1ccccc1NC(=O)CSc1n[nH]c(-c2ccccc2Br)n1. The molecule has 0 unspecified atom stereocenters. The highest BCUT2D eigenvalue weighted by atomic mass is 79.9. The van der Waals surface area contributed by atoms with Gasteiger partial charge in [-0.2, -0.15) is 0 Å². The average molecular weight is 433 g/mol. The highest BCUT2D eigenvalue weighted by molar-refractivity contribution is 9.10. The Hall–Kier alpha value is -2.32. The van der Waals surface area contributed by atoms with Crippen LogP contribution in [0.4, 0.5) is 5.69 Å². The first-order valence-electron chi connectivity index (χ1n) is 7.99. The molecule has 3 aromatic rings. The number of aromatic nitrogens is 3. The number of anilines is 1. The molecule has 1 aromatic heterocycles. The Bertz CT molecular complexity index is 900. The van der Waals surface area contributed by atoms with Gasteiger partial charge in [0.15, 0.2) is 5.82 Å². The maximum atomic E-state index is 12.2. The molecule has 0 aliphatic heterocycles. The zero-order valence-electron chi connectivity index (χ0n) is 14.0. The summed E-state index contributed by atoms with van der Waals surface area (Å²) in [5.74, 6) is 1.37. The number of aromatic amines is 1. The van der Waals surface area contributed by atoms with Gasteiger partial charge in [0.2, 0.25) is 11.1 Å². The van der Waals surface area contributed by atoms with Gasteiger partial charge in [-0.25, -0.2) is 4.98 Å². The van der Waals surface area contributed by atoms with Crippen molar-refractivity contribution < 1.29 is 9.53 Å². The molecule has 0 atom stereocenters. The number of hydrogen-bond acceptors (Lipinski definition) is 5. The van der Waals surface area contributed by atoms with Crippen LogP contribution in [0.3, 0.4) is 0 Å². The lowest BCUT2D eigenvalue weighted by atomic mass is 10.2. The fraction of sp³-hybridized carbons (Fsp3) is 0.167. The molecule has 1 amide bonds. The second-order valence-corrected chi connectivity index (χ2v) is 7.01. The minimum Gasteiger partial charge on any atom is -0.492 e. The smallest absolute Gasteiger partial charge is 0.234 e. The third-order valence-electron chi connectivity index (χ3n) is 3.39. The molecule has 134 valence electrons. The number of halogens is 1. The summed E-state index contributed by atoms with van der Waals surface area (Å²) in [4.78, 5) is 16.6. The first-order chi connectivity index (χ1) is 12.7. The summed E-state index contributed by atoms with van der Waals surface area (Å²) in [6.45, 7) is 2.44. The predicted molar refractivity (Wildman–Crippen MR) is 106 cm³/mol. The first kappa shape index (κ1) is 18.5. The van der Waals surface area contributed by atoms with Crippen LogP contribution in [0.15, 0.2) is 58.2 Å². The van der Waals surface area contributed by atoms with Crippen molar-refractivity contribution in [3.63, 3.8) is 0 Å². The van der Waals surface area contributed by atoms with E-state index >= 15 is 0 Å². The zero-order valence-corrected chi connectivity index (χ0v) is 16.4. The monoisotopic (exact) mass is 432 g/mol. The number of benzene rings is 2. The normalized spacial score (nSPS) is 10.5. The van der Waals surface area contributed by atoms with Crippen molar-refractivity contribution in [1.29, 1.82) is 0 Å². The lowest BCUT2D eigenvalue weighted by Gasteiger charge is -2.10. The second-order valence-electron chi connectivity index (χ2n) is 5.21. The molecule has 1 heterocycles. The number of carbonyl (C=O) groups excluding carboxylic acids is 1. The van der Waals surface area contributed by atoms with Gasteiger partial charge in [0.25, 0.3) is 0 Å². The van der Waals surface area contributed by atoms with Crippen LogP contribution in [-0.2, 0) is 4.79 Å². The molecular weight excluding hydrogens is 416 g/mol. The molecule has 2 aromatic carbocycles. The van der Waals surface area contributed by atoms with Gasteiger partial charge in [0.1, 0.15) is 5.75 Å². The first-order valence-corrected chi connectivity index (χ1v) is 9.77. The fourth-order valence-electron chi connectivity index (χ4n) is 2.25. The summed E-state index contributed by atoms with van der Waals surface area (Å²) in [6.07, 6.45) is 0. The highest BCUT2D eigenvalue weighted by Crippen LogP contribution is 2.27. The van der Waals surface area contributed by atoms with Crippen LogP contribution in [0.1, 0.15) is 6.92 Å². The van der Waals surface area contributed by atoms with Gasteiger partial charge < -0.3 is 10.1 Å². The maximum absolute atomic E-state index is 12.2. The predicted octanol–water partition coefficient (Wildman–Crippen LogP) is 4.36. The fourth-order valence-corrected chi connectivity index (χ4v) is 3.32. The Morgan fingerprint density at radius 2 is 2.00 bits per heavy atom. The van der Waals surface area contributed by atoms with E-state index < -0.39 is 0 Å². The molecule has 0 radical (unpaired) electrons. The summed E-state index contributed by atoms with van der Waals surface area (Å²) < 4.78 is 6.44. The number of hydrogen-bond donors (Lipinski definition) is 2. The van der Waals surface area contributed by atoms with Crippen molar-refractivity contribution in [3.8, 4) is 17.1 Å². The summed E-state index contributed by atoms with van der Waals surface area (Å²) in [5.41, 5.74) is 1.57. The highest BCUT2D eigenvalue weighted by Gasteiger charge is 2.12. The van der Waals surface area contributed by atoms with Crippen LogP contribution in [0.25, 0.3) is 11.4 Å². The molecule has 0 aliphatic carbocycles. The number of nitrogens with zero attached hydrogens (tertiary/aromatic N) is 2. The van der Waals surface area contributed by atoms with Crippen LogP contribution in [0.2, 0.25) is 0 Å². The summed E-state index contributed by atoms with van der Waals surface area (Å²) in [6, 6.07) is 15.1.